The number of nitrogens with zero attached hydrogens (tertiary/aromatic N) is 2. The van der Waals surface area contributed by atoms with Crippen LogP contribution in [-0.4, -0.2) is 53.9 Å². The van der Waals surface area contributed by atoms with Gasteiger partial charge in [0.2, 0.25) is 0 Å². The van der Waals surface area contributed by atoms with Gasteiger partial charge >= 0.3 is 6.09 Å². The highest BCUT2D eigenvalue weighted by Crippen LogP contribution is 2.27. The molecule has 0 unspecified atom stereocenters. The number of carbonyl (C=O) groups is 1. The second-order valence-electron chi connectivity index (χ2n) is 8.97. The molecule has 0 saturated carbocycles. The van der Waals surface area contributed by atoms with Gasteiger partial charge in [-0.25, -0.2) is 9.78 Å². The summed E-state index contributed by atoms with van der Waals surface area (Å²) in [5.41, 5.74) is 2.01. The first-order chi connectivity index (χ1) is 13.8. The first kappa shape index (κ1) is 22.3. The number of fused-ring (bicyclic) bond motifs is 1. The minimum Gasteiger partial charge on any atom is -0.444 e. The van der Waals surface area contributed by atoms with Crippen LogP contribution < -0.4 is 5.32 Å². The van der Waals surface area contributed by atoms with Crippen molar-refractivity contribution in [2.45, 2.75) is 77.4 Å². The zero-order valence-corrected chi connectivity index (χ0v) is 19.5. The Labute approximate surface area is 182 Å². The van der Waals surface area contributed by atoms with Crippen molar-refractivity contribution in [3.63, 3.8) is 0 Å². The molecule has 2 aliphatic heterocycles. The number of hydrogen-bond donors (Lipinski definition) is 1. The van der Waals surface area contributed by atoms with Gasteiger partial charge in [0.15, 0.2) is 0 Å². The fraction of sp³-hybridized carbons (Fsp3) is 0.727. The molecule has 3 heterocycles. The summed E-state index contributed by atoms with van der Waals surface area (Å²) in [4.78, 5) is 18.7. The molecule has 0 bridgehead atoms. The minimum atomic E-state index is -0.450. The van der Waals surface area contributed by atoms with Gasteiger partial charge in [0.25, 0.3) is 0 Å². The summed E-state index contributed by atoms with van der Waals surface area (Å²) in [5.74, 6) is 1.06. The number of amides is 1. The zero-order chi connectivity index (χ0) is 20.9. The maximum absolute atomic E-state index is 12.1. The second kappa shape index (κ2) is 10.1. The van der Waals surface area contributed by atoms with E-state index >= 15 is 0 Å². The van der Waals surface area contributed by atoms with Gasteiger partial charge in [-0.15, -0.1) is 0 Å². The van der Waals surface area contributed by atoms with Crippen LogP contribution >= 0.6 is 15.9 Å². The average Bonchev–Trinajstić information content (AvgIpc) is 3.12. The van der Waals surface area contributed by atoms with Crippen LogP contribution in [0.25, 0.3) is 0 Å². The predicted octanol–water partition coefficient (Wildman–Crippen LogP) is 4.94. The Morgan fingerprint density at radius 1 is 1.34 bits per heavy atom. The first-order valence-electron chi connectivity index (χ1n) is 10.8. The maximum Gasteiger partial charge on any atom is 0.410 e. The number of rotatable bonds is 7. The molecule has 29 heavy (non-hydrogen) atoms. The van der Waals surface area contributed by atoms with E-state index in [1.807, 2.05) is 20.8 Å². The summed E-state index contributed by atoms with van der Waals surface area (Å²) < 4.78 is 12.5. The number of aromatic nitrogens is 1. The van der Waals surface area contributed by atoms with Gasteiger partial charge in [-0.05, 0) is 86.9 Å². The molecule has 0 radical (unpaired) electrons. The number of pyridine rings is 1. The van der Waals surface area contributed by atoms with Crippen molar-refractivity contribution >= 4 is 27.8 Å². The van der Waals surface area contributed by atoms with Crippen LogP contribution in [0.15, 0.2) is 10.5 Å². The molecule has 3 rings (SSSR count). The summed E-state index contributed by atoms with van der Waals surface area (Å²) in [6, 6.07) is 2.23. The Balaban J connectivity index is 1.31. The minimum absolute atomic E-state index is 0.130. The number of anilines is 1. The van der Waals surface area contributed by atoms with E-state index in [0.717, 1.165) is 67.7 Å². The number of hydrogen-bond acceptors (Lipinski definition) is 5. The second-order valence-corrected chi connectivity index (χ2v) is 9.83. The van der Waals surface area contributed by atoms with Crippen molar-refractivity contribution in [3.05, 3.63) is 21.8 Å². The lowest BCUT2D eigenvalue weighted by atomic mass is 10.1. The lowest BCUT2D eigenvalue weighted by Gasteiger charge is -2.24. The third-order valence-electron chi connectivity index (χ3n) is 5.25. The molecule has 2 aliphatic rings. The van der Waals surface area contributed by atoms with E-state index in [-0.39, 0.29) is 12.2 Å². The largest absolute Gasteiger partial charge is 0.444 e. The molecule has 0 spiro atoms. The van der Waals surface area contributed by atoms with Crippen molar-refractivity contribution in [2.24, 2.45) is 0 Å². The molecule has 1 saturated heterocycles. The van der Waals surface area contributed by atoms with Crippen molar-refractivity contribution in [3.8, 4) is 0 Å². The normalized spacial score (nSPS) is 19.0. The number of likely N-dealkylation sites (tertiary alicyclic amines) is 1. The third-order valence-corrected chi connectivity index (χ3v) is 5.94. The number of halogens is 1. The Hall–Kier alpha value is -1.34. The van der Waals surface area contributed by atoms with E-state index < -0.39 is 5.60 Å². The van der Waals surface area contributed by atoms with E-state index in [1.165, 1.54) is 12.0 Å². The smallest absolute Gasteiger partial charge is 0.410 e. The zero-order valence-electron chi connectivity index (χ0n) is 17.9. The molecule has 162 valence electrons. The van der Waals surface area contributed by atoms with Crippen LogP contribution in [0.4, 0.5) is 10.6 Å². The van der Waals surface area contributed by atoms with E-state index in [2.05, 4.69) is 27.3 Å². The molecule has 7 heteroatoms. The Kier molecular flexibility index (Phi) is 7.79. The van der Waals surface area contributed by atoms with E-state index in [0.29, 0.717) is 13.1 Å². The van der Waals surface area contributed by atoms with Gasteiger partial charge in [0.1, 0.15) is 11.4 Å². The van der Waals surface area contributed by atoms with Crippen molar-refractivity contribution in [2.75, 3.05) is 31.6 Å². The van der Waals surface area contributed by atoms with E-state index in [4.69, 9.17) is 14.5 Å². The van der Waals surface area contributed by atoms with E-state index in [9.17, 15) is 4.79 Å². The molecule has 1 atom stereocenters. The highest BCUT2D eigenvalue weighted by molar-refractivity contribution is 9.10. The molecule has 1 N–H and O–H groups in total. The molecule has 1 aromatic heterocycles. The summed E-state index contributed by atoms with van der Waals surface area (Å²) in [7, 11) is 0. The fourth-order valence-electron chi connectivity index (χ4n) is 3.75. The number of nitrogens with one attached hydrogen (secondary N) is 1. The Morgan fingerprint density at radius 2 is 2.17 bits per heavy atom. The maximum atomic E-state index is 12.1. The monoisotopic (exact) mass is 467 g/mol. The van der Waals surface area contributed by atoms with Crippen LogP contribution in [-0.2, 0) is 22.3 Å². The van der Waals surface area contributed by atoms with Gasteiger partial charge in [-0.3, -0.25) is 0 Å². The summed E-state index contributed by atoms with van der Waals surface area (Å²) in [5, 5.41) is 3.41. The fourth-order valence-corrected chi connectivity index (χ4v) is 4.31. The third kappa shape index (κ3) is 6.85. The molecular formula is C22H34BrN3O3. The molecule has 1 fully saturated rings. The molecular weight excluding hydrogens is 434 g/mol. The standard InChI is InChI=1S/C22H34BrN3O3/c1-22(2,3)29-21(27)26-12-10-17(15-26)28-13-6-4-5-9-19-18(23)14-16-8-7-11-24-20(16)25-19/h14,17H,4-13,15H2,1-3H3,(H,24,25)/t17-/m1/s1. The quantitative estimate of drug-likeness (QED) is 0.575. The lowest BCUT2D eigenvalue weighted by molar-refractivity contribution is 0.0206. The number of aryl methyl sites for hydroxylation is 2. The van der Waals surface area contributed by atoms with Gasteiger partial charge < -0.3 is 19.7 Å². The molecule has 1 aromatic rings. The van der Waals surface area contributed by atoms with Crippen molar-refractivity contribution in [1.29, 1.82) is 0 Å². The highest BCUT2D eigenvalue weighted by atomic mass is 79.9. The van der Waals surface area contributed by atoms with Gasteiger partial charge in [-0.2, -0.15) is 0 Å². The summed E-state index contributed by atoms with van der Waals surface area (Å²) in [6.07, 6.45) is 7.29. The summed E-state index contributed by atoms with van der Waals surface area (Å²) in [6.45, 7) is 8.79. The van der Waals surface area contributed by atoms with Crippen LogP contribution in [0.5, 0.6) is 0 Å². The van der Waals surface area contributed by atoms with Crippen LogP contribution in [0.2, 0.25) is 0 Å². The van der Waals surface area contributed by atoms with Crippen molar-refractivity contribution < 1.29 is 14.3 Å². The van der Waals surface area contributed by atoms with Crippen LogP contribution in [0.1, 0.15) is 64.1 Å². The average molecular weight is 468 g/mol. The van der Waals surface area contributed by atoms with Gasteiger partial charge in [0, 0.05) is 24.2 Å². The topological polar surface area (TPSA) is 63.7 Å². The highest BCUT2D eigenvalue weighted by Gasteiger charge is 2.30. The number of carbonyl (C=O) groups excluding carboxylic acids is 1. The predicted molar refractivity (Wildman–Crippen MR) is 118 cm³/mol. The summed E-state index contributed by atoms with van der Waals surface area (Å²) >= 11 is 3.68. The number of unbranched alkanes of at least 4 members (excludes halogenated alkanes) is 2. The molecule has 0 aliphatic carbocycles. The molecule has 0 aromatic carbocycles. The van der Waals surface area contributed by atoms with E-state index in [1.54, 1.807) is 4.90 Å². The SMILES string of the molecule is CC(C)(C)OC(=O)N1CC[C@@H](OCCCCCc2nc3c(cc2Br)CCCN3)C1. The molecule has 6 nitrogen and oxygen atoms in total. The molecule has 1 amide bonds. The van der Waals surface area contributed by atoms with Crippen LogP contribution in [0.3, 0.4) is 0 Å². The lowest BCUT2D eigenvalue weighted by Crippen LogP contribution is -2.36. The van der Waals surface area contributed by atoms with Gasteiger partial charge in [-0.1, -0.05) is 6.42 Å². The van der Waals surface area contributed by atoms with Crippen LogP contribution in [0, 0.1) is 0 Å². The number of ether oxygens (including phenoxy) is 2. The Morgan fingerprint density at radius 3 is 2.97 bits per heavy atom. The van der Waals surface area contributed by atoms with Crippen molar-refractivity contribution in [1.82, 2.24) is 9.88 Å². The Bertz CT molecular complexity index is 705. The van der Waals surface area contributed by atoms with Gasteiger partial charge in [0.05, 0.1) is 18.3 Å². The first-order valence-corrected chi connectivity index (χ1v) is 11.6.